The SMILES string of the molecule is CC(=O)c1c(C)c(C(=O)N2CCOCC2)n2ncccc12.Cc1c(C(=O)O)c2cccnn2c1C(=O)N1CCOCC1.[Na+].[OH-]. The van der Waals surface area contributed by atoms with E-state index < -0.39 is 5.97 Å². The number of ketones is 1. The molecule has 0 bridgehead atoms. The van der Waals surface area contributed by atoms with Crippen LogP contribution in [0.15, 0.2) is 36.7 Å². The van der Waals surface area contributed by atoms with Gasteiger partial charge >= 0.3 is 35.5 Å². The molecular formula is C29H33N6NaO8. The summed E-state index contributed by atoms with van der Waals surface area (Å²) < 4.78 is 13.5. The number of carboxylic acids is 1. The van der Waals surface area contributed by atoms with Gasteiger partial charge in [-0.05, 0) is 56.2 Å². The Kier molecular flexibility index (Phi) is 11.8. The van der Waals surface area contributed by atoms with E-state index in [1.54, 1.807) is 52.6 Å². The van der Waals surface area contributed by atoms with Gasteiger partial charge in [0.15, 0.2) is 5.78 Å². The molecule has 4 aromatic heterocycles. The number of hydrogen-bond donors (Lipinski definition) is 1. The summed E-state index contributed by atoms with van der Waals surface area (Å²) in [4.78, 5) is 52.2. The van der Waals surface area contributed by atoms with Gasteiger partial charge in [0.25, 0.3) is 11.8 Å². The second kappa shape index (κ2) is 14.9. The first kappa shape index (κ1) is 34.8. The summed E-state index contributed by atoms with van der Waals surface area (Å²) in [5.74, 6) is -1.42. The van der Waals surface area contributed by atoms with Crippen LogP contribution in [-0.4, -0.2) is 116 Å². The number of carboxylic acid groups (broad SMARTS) is 1. The molecule has 0 unspecified atom stereocenters. The molecule has 2 amide bonds. The summed E-state index contributed by atoms with van der Waals surface area (Å²) in [7, 11) is 0. The fraction of sp³-hybridized carbons (Fsp3) is 0.379. The Morgan fingerprint density at radius 2 is 1.11 bits per heavy atom. The van der Waals surface area contributed by atoms with Gasteiger partial charge in [0.2, 0.25) is 0 Å². The van der Waals surface area contributed by atoms with Crippen LogP contribution in [0.25, 0.3) is 11.0 Å². The van der Waals surface area contributed by atoms with Gasteiger partial charge in [0.05, 0.1) is 43.0 Å². The van der Waals surface area contributed by atoms with Crippen molar-refractivity contribution in [3.05, 3.63) is 70.3 Å². The summed E-state index contributed by atoms with van der Waals surface area (Å²) >= 11 is 0. The molecule has 228 valence electrons. The van der Waals surface area contributed by atoms with Crippen LogP contribution >= 0.6 is 0 Å². The second-order valence-electron chi connectivity index (χ2n) is 10.0. The number of Topliss-reactive ketones (excluding diaryl/α,β-unsaturated/α-hetero) is 1. The molecule has 15 heteroatoms. The van der Waals surface area contributed by atoms with Crippen molar-refractivity contribution >= 4 is 34.6 Å². The van der Waals surface area contributed by atoms with Gasteiger partial charge in [-0.3, -0.25) is 14.4 Å². The van der Waals surface area contributed by atoms with Gasteiger partial charge < -0.3 is 29.9 Å². The number of aromatic carboxylic acids is 1. The molecule has 14 nitrogen and oxygen atoms in total. The van der Waals surface area contributed by atoms with Crippen molar-refractivity contribution in [3.63, 3.8) is 0 Å². The number of hydrogen-bond acceptors (Lipinski definition) is 9. The van der Waals surface area contributed by atoms with E-state index in [-0.39, 0.29) is 58.2 Å². The van der Waals surface area contributed by atoms with E-state index in [1.807, 2.05) is 6.07 Å². The molecule has 0 atom stereocenters. The number of amides is 2. The van der Waals surface area contributed by atoms with Crippen LogP contribution in [0.1, 0.15) is 59.7 Å². The Balaban J connectivity index is 0.000000230. The molecular weight excluding hydrogens is 583 g/mol. The van der Waals surface area contributed by atoms with Gasteiger partial charge in [-0.1, -0.05) is 0 Å². The summed E-state index contributed by atoms with van der Waals surface area (Å²) in [6.45, 7) is 9.16. The third-order valence-corrected chi connectivity index (χ3v) is 7.46. The molecule has 0 saturated carbocycles. The zero-order valence-electron chi connectivity index (χ0n) is 25.1. The van der Waals surface area contributed by atoms with Gasteiger partial charge in [-0.25, -0.2) is 13.8 Å². The largest absolute Gasteiger partial charge is 1.00 e. The minimum Gasteiger partial charge on any atom is -0.870 e. The van der Waals surface area contributed by atoms with E-state index in [1.165, 1.54) is 17.6 Å². The molecule has 2 saturated heterocycles. The number of carbonyl (C=O) groups excluding carboxylic acids is 3. The van der Waals surface area contributed by atoms with Crippen LogP contribution in [0.2, 0.25) is 0 Å². The van der Waals surface area contributed by atoms with Gasteiger partial charge in [0, 0.05) is 44.1 Å². The molecule has 2 N–H and O–H groups in total. The number of ether oxygens (including phenoxy) is 2. The van der Waals surface area contributed by atoms with Crippen LogP contribution < -0.4 is 29.6 Å². The molecule has 6 rings (SSSR count). The second-order valence-corrected chi connectivity index (χ2v) is 10.0. The predicted molar refractivity (Wildman–Crippen MR) is 152 cm³/mol. The Morgan fingerprint density at radius 1 is 0.727 bits per heavy atom. The molecule has 0 radical (unpaired) electrons. The fourth-order valence-electron chi connectivity index (χ4n) is 5.47. The quantitative estimate of drug-likeness (QED) is 0.220. The van der Waals surface area contributed by atoms with Crippen molar-refractivity contribution in [2.75, 3.05) is 52.6 Å². The first-order valence-corrected chi connectivity index (χ1v) is 13.6. The molecule has 2 fully saturated rings. The first-order valence-electron chi connectivity index (χ1n) is 13.6. The average Bonchev–Trinajstić information content (AvgIpc) is 3.47. The fourth-order valence-corrected chi connectivity index (χ4v) is 5.47. The van der Waals surface area contributed by atoms with E-state index in [0.29, 0.717) is 91.7 Å². The summed E-state index contributed by atoms with van der Waals surface area (Å²) in [6.07, 6.45) is 3.15. The normalized spacial score (nSPS) is 14.7. The third kappa shape index (κ3) is 6.55. The standard InChI is InChI=1S/C15H17N3O3.C14H15N3O4.Na.H2O/c1-10-13(11(2)19)12-4-3-5-16-18(12)14(10)15(20)17-6-8-21-9-7-17;1-9-11(14(19)20)10-3-2-4-15-17(10)12(9)13(18)16-5-7-21-8-6-16;;/h3-5H,6-9H2,1-2H3;2-4H,5-8H2,1H3,(H,19,20);;1H2/q;;+1;/p-1. The summed E-state index contributed by atoms with van der Waals surface area (Å²) in [6, 6.07) is 6.89. The van der Waals surface area contributed by atoms with Crippen molar-refractivity contribution < 1.29 is 68.8 Å². The van der Waals surface area contributed by atoms with Crippen molar-refractivity contribution in [2.24, 2.45) is 0 Å². The molecule has 2 aliphatic rings. The van der Waals surface area contributed by atoms with Crippen LogP contribution in [0.3, 0.4) is 0 Å². The topological polar surface area (TPSA) is 178 Å². The summed E-state index contributed by atoms with van der Waals surface area (Å²) in [5, 5.41) is 17.8. The molecule has 0 spiro atoms. The average molecular weight is 617 g/mol. The molecule has 0 aromatic carbocycles. The Hall–Kier alpha value is -3.66. The maximum Gasteiger partial charge on any atom is 1.00 e. The number of rotatable bonds is 4. The minimum atomic E-state index is -1.06. The predicted octanol–water partition coefficient (Wildman–Crippen LogP) is -1.04. The van der Waals surface area contributed by atoms with Gasteiger partial charge in [0.1, 0.15) is 11.4 Å². The monoisotopic (exact) mass is 616 g/mol. The van der Waals surface area contributed by atoms with E-state index in [4.69, 9.17) is 9.47 Å². The molecule has 6 heterocycles. The van der Waals surface area contributed by atoms with Crippen molar-refractivity contribution in [1.82, 2.24) is 29.0 Å². The maximum atomic E-state index is 12.8. The minimum absolute atomic E-state index is 0. The number of morpholine rings is 2. The zero-order chi connectivity index (χ0) is 30.0. The van der Waals surface area contributed by atoms with Crippen molar-refractivity contribution in [1.29, 1.82) is 0 Å². The number of carbonyl (C=O) groups is 4. The van der Waals surface area contributed by atoms with Gasteiger partial charge in [-0.2, -0.15) is 10.2 Å². The van der Waals surface area contributed by atoms with E-state index >= 15 is 0 Å². The first-order chi connectivity index (χ1) is 20.2. The third-order valence-electron chi connectivity index (χ3n) is 7.46. The van der Waals surface area contributed by atoms with Crippen molar-refractivity contribution in [2.45, 2.75) is 20.8 Å². The van der Waals surface area contributed by atoms with E-state index in [0.717, 1.165) is 0 Å². The van der Waals surface area contributed by atoms with E-state index in [9.17, 15) is 24.3 Å². The van der Waals surface area contributed by atoms with Crippen LogP contribution in [-0.2, 0) is 9.47 Å². The smallest absolute Gasteiger partial charge is 0.870 e. The van der Waals surface area contributed by atoms with Crippen LogP contribution in [0, 0.1) is 13.8 Å². The Labute approximate surface area is 275 Å². The molecule has 44 heavy (non-hydrogen) atoms. The molecule has 4 aromatic rings. The Morgan fingerprint density at radius 3 is 1.50 bits per heavy atom. The van der Waals surface area contributed by atoms with Crippen LogP contribution in [0.5, 0.6) is 0 Å². The Bertz CT molecular complexity index is 1560. The van der Waals surface area contributed by atoms with E-state index in [2.05, 4.69) is 10.2 Å². The summed E-state index contributed by atoms with van der Waals surface area (Å²) in [5.41, 5.74) is 3.72. The zero-order valence-corrected chi connectivity index (χ0v) is 27.1. The molecule has 2 aliphatic heterocycles. The number of aromatic nitrogens is 4. The number of fused-ring (bicyclic) bond motifs is 2. The molecule has 0 aliphatic carbocycles. The maximum absolute atomic E-state index is 12.8. The van der Waals surface area contributed by atoms with Gasteiger partial charge in [-0.15, -0.1) is 0 Å². The number of nitrogens with zero attached hydrogens (tertiary/aromatic N) is 6. The van der Waals surface area contributed by atoms with Crippen LogP contribution in [0.4, 0.5) is 0 Å². The van der Waals surface area contributed by atoms with Crippen molar-refractivity contribution in [3.8, 4) is 0 Å².